The van der Waals surface area contributed by atoms with E-state index in [9.17, 15) is 4.79 Å². The van der Waals surface area contributed by atoms with Crippen molar-refractivity contribution < 1.29 is 4.79 Å². The highest BCUT2D eigenvalue weighted by molar-refractivity contribution is 7.09. The van der Waals surface area contributed by atoms with Crippen LogP contribution in [-0.4, -0.2) is 28.9 Å². The van der Waals surface area contributed by atoms with Crippen LogP contribution >= 0.6 is 11.3 Å². The van der Waals surface area contributed by atoms with Crippen LogP contribution in [0.25, 0.3) is 0 Å². The van der Waals surface area contributed by atoms with E-state index in [0.29, 0.717) is 11.3 Å². The molecule has 0 aliphatic rings. The van der Waals surface area contributed by atoms with Gasteiger partial charge in [0.1, 0.15) is 0 Å². The number of carbonyl (C=O) groups excluding carboxylic acids is 1. The number of hydrogen-bond acceptors (Lipinski definition) is 4. The summed E-state index contributed by atoms with van der Waals surface area (Å²) in [5.41, 5.74) is 6.74. The van der Waals surface area contributed by atoms with Crippen molar-refractivity contribution in [2.75, 3.05) is 12.8 Å². The number of rotatable bonds is 4. The number of thiophene rings is 1. The molecule has 2 heterocycles. The summed E-state index contributed by atoms with van der Waals surface area (Å²) in [5.74, 6) is -0.0883. The maximum Gasteiger partial charge on any atom is 0.257 e. The normalized spacial score (nSPS) is 12.1. The topological polar surface area (TPSA) is 59.2 Å². The Morgan fingerprint density at radius 3 is 2.95 bits per heavy atom. The van der Waals surface area contributed by atoms with Gasteiger partial charge in [-0.1, -0.05) is 6.07 Å². The molecule has 5 heteroatoms. The number of hydrogen-bond donors (Lipinski definition) is 1. The lowest BCUT2D eigenvalue weighted by atomic mass is 10.1. The molecule has 19 heavy (non-hydrogen) atoms. The van der Waals surface area contributed by atoms with Crippen LogP contribution < -0.4 is 5.73 Å². The number of likely N-dealkylation sites (N-methyl/N-ethyl adjacent to an activating group) is 1. The molecule has 1 atom stereocenters. The van der Waals surface area contributed by atoms with Crippen LogP contribution in [0.2, 0.25) is 0 Å². The Morgan fingerprint density at radius 2 is 2.32 bits per heavy atom. The van der Waals surface area contributed by atoms with Gasteiger partial charge in [-0.15, -0.1) is 11.3 Å². The first-order valence-corrected chi connectivity index (χ1v) is 6.96. The largest absolute Gasteiger partial charge is 0.398 e. The van der Waals surface area contributed by atoms with Crippen molar-refractivity contribution >= 4 is 22.9 Å². The summed E-state index contributed by atoms with van der Waals surface area (Å²) in [6.07, 6.45) is 3.95. The second-order valence-corrected chi connectivity index (χ2v) is 5.54. The number of nitrogen functional groups attached to an aromatic ring is 1. The highest BCUT2D eigenvalue weighted by atomic mass is 32.1. The summed E-state index contributed by atoms with van der Waals surface area (Å²) < 4.78 is 0. The van der Waals surface area contributed by atoms with Crippen molar-refractivity contribution in [3.8, 4) is 0 Å². The quantitative estimate of drug-likeness (QED) is 0.932. The van der Waals surface area contributed by atoms with Crippen molar-refractivity contribution in [3.63, 3.8) is 0 Å². The summed E-state index contributed by atoms with van der Waals surface area (Å²) in [6, 6.07) is 5.86. The van der Waals surface area contributed by atoms with Crippen molar-refractivity contribution in [3.05, 3.63) is 46.4 Å². The Bertz CT molecular complexity index is 554. The minimum absolute atomic E-state index is 0.0883. The van der Waals surface area contributed by atoms with E-state index in [1.807, 2.05) is 18.4 Å². The first-order chi connectivity index (χ1) is 9.09. The number of anilines is 1. The average molecular weight is 275 g/mol. The molecule has 2 rings (SSSR count). The van der Waals surface area contributed by atoms with Gasteiger partial charge in [0.25, 0.3) is 5.91 Å². The van der Waals surface area contributed by atoms with Crippen LogP contribution in [0.5, 0.6) is 0 Å². The minimum Gasteiger partial charge on any atom is -0.398 e. The van der Waals surface area contributed by atoms with E-state index in [2.05, 4.69) is 11.1 Å². The van der Waals surface area contributed by atoms with Gasteiger partial charge in [0.2, 0.25) is 0 Å². The summed E-state index contributed by atoms with van der Waals surface area (Å²) in [5, 5.41) is 2.04. The Labute approximate surface area is 116 Å². The van der Waals surface area contributed by atoms with Gasteiger partial charge in [0.15, 0.2) is 0 Å². The van der Waals surface area contributed by atoms with E-state index in [1.54, 1.807) is 35.5 Å². The van der Waals surface area contributed by atoms with Gasteiger partial charge >= 0.3 is 0 Å². The zero-order valence-corrected chi connectivity index (χ0v) is 11.9. The van der Waals surface area contributed by atoms with Crippen LogP contribution in [0.4, 0.5) is 5.69 Å². The van der Waals surface area contributed by atoms with Gasteiger partial charge in [-0.2, -0.15) is 0 Å². The van der Waals surface area contributed by atoms with E-state index in [4.69, 9.17) is 5.73 Å². The lowest BCUT2D eigenvalue weighted by Crippen LogP contribution is -2.36. The van der Waals surface area contributed by atoms with Crippen molar-refractivity contribution in [2.24, 2.45) is 0 Å². The fourth-order valence-corrected chi connectivity index (χ4v) is 2.66. The van der Waals surface area contributed by atoms with Crippen LogP contribution in [0.3, 0.4) is 0 Å². The molecule has 100 valence electrons. The lowest BCUT2D eigenvalue weighted by molar-refractivity contribution is 0.0744. The van der Waals surface area contributed by atoms with Crippen LogP contribution in [-0.2, 0) is 6.42 Å². The molecule has 0 spiro atoms. The molecule has 1 amide bonds. The van der Waals surface area contributed by atoms with Gasteiger partial charge in [0, 0.05) is 42.5 Å². The smallest absolute Gasteiger partial charge is 0.257 e. The van der Waals surface area contributed by atoms with Gasteiger partial charge in [-0.3, -0.25) is 9.78 Å². The molecule has 2 N–H and O–H groups in total. The molecule has 2 aromatic heterocycles. The molecule has 0 radical (unpaired) electrons. The third kappa shape index (κ3) is 3.12. The number of amides is 1. The molecule has 0 aliphatic heterocycles. The molecule has 4 nitrogen and oxygen atoms in total. The molecule has 0 bridgehead atoms. The van der Waals surface area contributed by atoms with Gasteiger partial charge in [0.05, 0.1) is 5.56 Å². The lowest BCUT2D eigenvalue weighted by Gasteiger charge is -2.25. The van der Waals surface area contributed by atoms with E-state index >= 15 is 0 Å². The third-order valence-electron chi connectivity index (χ3n) is 3.14. The summed E-state index contributed by atoms with van der Waals surface area (Å²) in [7, 11) is 1.80. The molecule has 1 unspecified atom stereocenters. The average Bonchev–Trinajstić information content (AvgIpc) is 2.90. The van der Waals surface area contributed by atoms with Crippen LogP contribution in [0, 0.1) is 0 Å². The first kappa shape index (κ1) is 13.5. The Balaban J connectivity index is 2.09. The van der Waals surface area contributed by atoms with E-state index in [-0.39, 0.29) is 11.9 Å². The van der Waals surface area contributed by atoms with Gasteiger partial charge in [-0.25, -0.2) is 0 Å². The van der Waals surface area contributed by atoms with E-state index in [0.717, 1.165) is 6.42 Å². The predicted molar refractivity (Wildman–Crippen MR) is 78.2 cm³/mol. The maximum atomic E-state index is 12.3. The predicted octanol–water partition coefficient (Wildman–Crippen LogP) is 2.43. The molecule has 0 saturated carbocycles. The Morgan fingerprint density at radius 1 is 1.53 bits per heavy atom. The van der Waals surface area contributed by atoms with E-state index in [1.165, 1.54) is 11.1 Å². The van der Waals surface area contributed by atoms with Crippen molar-refractivity contribution in [1.29, 1.82) is 0 Å². The van der Waals surface area contributed by atoms with Crippen molar-refractivity contribution in [1.82, 2.24) is 9.88 Å². The number of nitrogens with zero attached hydrogens (tertiary/aromatic N) is 2. The van der Waals surface area contributed by atoms with Gasteiger partial charge < -0.3 is 10.6 Å². The minimum atomic E-state index is -0.0883. The number of pyridine rings is 1. The third-order valence-corrected chi connectivity index (χ3v) is 4.04. The molecule has 0 fully saturated rings. The zero-order valence-electron chi connectivity index (χ0n) is 11.0. The Kier molecular flexibility index (Phi) is 4.16. The zero-order chi connectivity index (χ0) is 13.8. The number of nitrogens with two attached hydrogens (primary N) is 1. The fourth-order valence-electron chi connectivity index (χ4n) is 1.83. The highest BCUT2D eigenvalue weighted by Gasteiger charge is 2.20. The fraction of sp³-hybridized carbons (Fsp3) is 0.286. The van der Waals surface area contributed by atoms with Crippen LogP contribution in [0.15, 0.2) is 36.0 Å². The summed E-state index contributed by atoms with van der Waals surface area (Å²) in [4.78, 5) is 19.3. The molecule has 0 aliphatic carbocycles. The number of carbonyl (C=O) groups is 1. The van der Waals surface area contributed by atoms with E-state index < -0.39 is 0 Å². The molecular weight excluding hydrogens is 258 g/mol. The van der Waals surface area contributed by atoms with Crippen LogP contribution in [0.1, 0.15) is 22.2 Å². The molecule has 0 saturated heterocycles. The first-order valence-electron chi connectivity index (χ1n) is 6.08. The monoisotopic (exact) mass is 275 g/mol. The standard InChI is InChI=1S/C14H17N3OS/c1-10(8-11-4-3-7-19-11)17(2)14(18)12-9-16-6-5-13(12)15/h3-7,9-10H,8H2,1-2H3,(H2,15,16). The number of aromatic nitrogens is 1. The highest BCUT2D eigenvalue weighted by Crippen LogP contribution is 2.17. The molecule has 0 aromatic carbocycles. The summed E-state index contributed by atoms with van der Waals surface area (Å²) >= 11 is 1.70. The molecule has 2 aromatic rings. The summed E-state index contributed by atoms with van der Waals surface area (Å²) in [6.45, 7) is 2.03. The van der Waals surface area contributed by atoms with Crippen molar-refractivity contribution in [2.45, 2.75) is 19.4 Å². The second-order valence-electron chi connectivity index (χ2n) is 4.51. The second kappa shape index (κ2) is 5.84. The van der Waals surface area contributed by atoms with Gasteiger partial charge in [-0.05, 0) is 24.4 Å². The maximum absolute atomic E-state index is 12.3. The SMILES string of the molecule is CC(Cc1cccs1)N(C)C(=O)c1cnccc1N. The Hall–Kier alpha value is -1.88. The molecular formula is C14H17N3OS.